The van der Waals surface area contributed by atoms with Crippen LogP contribution in [0.3, 0.4) is 0 Å². The van der Waals surface area contributed by atoms with Gasteiger partial charge in [-0.25, -0.2) is 0 Å². The summed E-state index contributed by atoms with van der Waals surface area (Å²) in [5, 5.41) is 9.58. The highest BCUT2D eigenvalue weighted by atomic mass is 35.5. The van der Waals surface area contributed by atoms with Crippen molar-refractivity contribution in [2.75, 3.05) is 0 Å². The first-order chi connectivity index (χ1) is 4.63. The molecular weight excluding hydrogens is 168 g/mol. The maximum atomic E-state index is 9.21. The Kier molecular flexibility index (Phi) is 2.11. The molecule has 0 heterocycles. The van der Waals surface area contributed by atoms with E-state index >= 15 is 0 Å². The average molecular weight is 175 g/mol. The van der Waals surface area contributed by atoms with Crippen molar-refractivity contribution >= 4 is 24.2 Å². The molecular formula is C7H7ClOS. The molecule has 0 amide bonds. The van der Waals surface area contributed by atoms with Crippen LogP contribution in [0.25, 0.3) is 0 Å². The summed E-state index contributed by atoms with van der Waals surface area (Å²) in [6.07, 6.45) is 0. The zero-order valence-corrected chi connectivity index (χ0v) is 7.08. The number of phenolic OH excluding ortho intramolecular Hbond substituents is 1. The van der Waals surface area contributed by atoms with Gasteiger partial charge >= 0.3 is 0 Å². The number of halogens is 1. The van der Waals surface area contributed by atoms with E-state index in [1.165, 1.54) is 0 Å². The van der Waals surface area contributed by atoms with E-state index in [2.05, 4.69) is 12.6 Å². The molecule has 0 unspecified atom stereocenters. The first-order valence-electron chi connectivity index (χ1n) is 2.80. The number of hydrogen-bond acceptors (Lipinski definition) is 2. The van der Waals surface area contributed by atoms with Gasteiger partial charge in [0.05, 0.1) is 5.02 Å². The minimum absolute atomic E-state index is 0.120. The molecule has 3 heteroatoms. The second kappa shape index (κ2) is 2.72. The molecule has 0 saturated heterocycles. The van der Waals surface area contributed by atoms with Crippen molar-refractivity contribution in [3.63, 3.8) is 0 Å². The lowest BCUT2D eigenvalue weighted by Crippen LogP contribution is -1.77. The molecule has 0 aliphatic heterocycles. The van der Waals surface area contributed by atoms with Crippen LogP contribution in [0.15, 0.2) is 17.0 Å². The molecule has 0 spiro atoms. The van der Waals surface area contributed by atoms with Gasteiger partial charge in [-0.2, -0.15) is 0 Å². The van der Waals surface area contributed by atoms with Crippen molar-refractivity contribution in [1.82, 2.24) is 0 Å². The molecule has 0 aliphatic rings. The maximum Gasteiger partial charge on any atom is 0.138 e. The van der Waals surface area contributed by atoms with Crippen LogP contribution in [0.4, 0.5) is 0 Å². The van der Waals surface area contributed by atoms with Crippen LogP contribution in [0.2, 0.25) is 5.02 Å². The van der Waals surface area contributed by atoms with Crippen molar-refractivity contribution in [1.29, 1.82) is 0 Å². The minimum Gasteiger partial charge on any atom is -0.506 e. The predicted molar refractivity (Wildman–Crippen MR) is 45.1 cm³/mol. The number of benzene rings is 1. The summed E-state index contributed by atoms with van der Waals surface area (Å²) in [6, 6.07) is 3.37. The third-order valence-corrected chi connectivity index (χ3v) is 2.14. The summed E-state index contributed by atoms with van der Waals surface area (Å²) in [5.41, 5.74) is 0.718. The molecule has 54 valence electrons. The van der Waals surface area contributed by atoms with Crippen LogP contribution in [-0.4, -0.2) is 5.11 Å². The van der Waals surface area contributed by atoms with Crippen LogP contribution in [0, 0.1) is 6.92 Å². The Morgan fingerprint density at radius 3 is 2.60 bits per heavy atom. The highest BCUT2D eigenvalue weighted by Gasteiger charge is 2.03. The maximum absolute atomic E-state index is 9.21. The molecule has 0 saturated carbocycles. The topological polar surface area (TPSA) is 20.2 Å². The standard InChI is InChI=1S/C7H7ClOS/c1-4-6(10)3-2-5(8)7(4)9/h2-3,9-10H,1H3. The van der Waals surface area contributed by atoms with Crippen molar-refractivity contribution in [3.8, 4) is 5.75 Å². The molecule has 0 aliphatic carbocycles. The van der Waals surface area contributed by atoms with Gasteiger partial charge in [0.2, 0.25) is 0 Å². The minimum atomic E-state index is 0.120. The van der Waals surface area contributed by atoms with Crippen LogP contribution < -0.4 is 0 Å². The smallest absolute Gasteiger partial charge is 0.138 e. The summed E-state index contributed by atoms with van der Waals surface area (Å²) in [5.74, 6) is 0.120. The molecule has 1 nitrogen and oxygen atoms in total. The Bertz CT molecular complexity index is 233. The Hall–Kier alpha value is -0.340. The molecule has 0 radical (unpaired) electrons. The van der Waals surface area contributed by atoms with E-state index in [4.69, 9.17) is 11.6 Å². The monoisotopic (exact) mass is 174 g/mol. The Labute approximate surface area is 70.0 Å². The zero-order valence-electron chi connectivity index (χ0n) is 5.43. The van der Waals surface area contributed by atoms with Gasteiger partial charge in [-0.05, 0) is 19.1 Å². The molecule has 1 N–H and O–H groups in total. The molecule has 1 aromatic rings. The SMILES string of the molecule is Cc1c(S)ccc(Cl)c1O. The normalized spacial score (nSPS) is 9.90. The summed E-state index contributed by atoms with van der Waals surface area (Å²) in [7, 11) is 0. The number of thiol groups is 1. The molecule has 10 heavy (non-hydrogen) atoms. The van der Waals surface area contributed by atoms with Crippen LogP contribution >= 0.6 is 24.2 Å². The second-order valence-electron chi connectivity index (χ2n) is 2.04. The van der Waals surface area contributed by atoms with Crippen LogP contribution in [0.1, 0.15) is 5.56 Å². The molecule has 0 fully saturated rings. The number of rotatable bonds is 0. The Balaban J connectivity index is 3.34. The number of aromatic hydroxyl groups is 1. The molecule has 1 aromatic carbocycles. The number of phenols is 1. The summed E-state index contributed by atoms with van der Waals surface area (Å²) in [4.78, 5) is 0.752. The predicted octanol–water partition coefficient (Wildman–Crippen LogP) is 2.64. The van der Waals surface area contributed by atoms with Crippen molar-refractivity contribution < 1.29 is 5.11 Å². The fourth-order valence-corrected chi connectivity index (χ4v) is 1.04. The second-order valence-corrected chi connectivity index (χ2v) is 2.93. The largest absolute Gasteiger partial charge is 0.506 e. The lowest BCUT2D eigenvalue weighted by atomic mass is 10.2. The lowest BCUT2D eigenvalue weighted by molar-refractivity contribution is 0.469. The summed E-state index contributed by atoms with van der Waals surface area (Å²) in [6.45, 7) is 1.77. The number of hydrogen-bond donors (Lipinski definition) is 2. The van der Waals surface area contributed by atoms with Crippen molar-refractivity contribution in [2.24, 2.45) is 0 Å². The van der Waals surface area contributed by atoms with E-state index in [1.807, 2.05) is 0 Å². The van der Waals surface area contributed by atoms with Crippen molar-refractivity contribution in [2.45, 2.75) is 11.8 Å². The third kappa shape index (κ3) is 1.22. The van der Waals surface area contributed by atoms with E-state index in [0.717, 1.165) is 10.5 Å². The summed E-state index contributed by atoms with van der Waals surface area (Å²) >= 11 is 9.70. The van der Waals surface area contributed by atoms with Gasteiger partial charge in [-0.1, -0.05) is 11.6 Å². The fourth-order valence-electron chi connectivity index (χ4n) is 0.656. The van der Waals surface area contributed by atoms with Crippen LogP contribution in [0.5, 0.6) is 5.75 Å². The van der Waals surface area contributed by atoms with Gasteiger partial charge in [0.1, 0.15) is 5.75 Å². The van der Waals surface area contributed by atoms with Crippen LogP contribution in [-0.2, 0) is 0 Å². The third-order valence-electron chi connectivity index (χ3n) is 1.35. The van der Waals surface area contributed by atoms with E-state index in [9.17, 15) is 5.11 Å². The highest BCUT2D eigenvalue weighted by molar-refractivity contribution is 7.80. The lowest BCUT2D eigenvalue weighted by Gasteiger charge is -2.02. The first-order valence-corrected chi connectivity index (χ1v) is 3.62. The highest BCUT2D eigenvalue weighted by Crippen LogP contribution is 2.30. The fraction of sp³-hybridized carbons (Fsp3) is 0.143. The van der Waals surface area contributed by atoms with Gasteiger partial charge in [0, 0.05) is 10.5 Å². The van der Waals surface area contributed by atoms with E-state index in [0.29, 0.717) is 5.02 Å². The van der Waals surface area contributed by atoms with Gasteiger partial charge < -0.3 is 5.11 Å². The summed E-state index contributed by atoms with van der Waals surface area (Å²) < 4.78 is 0. The van der Waals surface area contributed by atoms with Gasteiger partial charge in [0.15, 0.2) is 0 Å². The first kappa shape index (κ1) is 7.76. The Morgan fingerprint density at radius 1 is 1.50 bits per heavy atom. The average Bonchev–Trinajstić information content (AvgIpc) is 1.93. The van der Waals surface area contributed by atoms with Crippen molar-refractivity contribution in [3.05, 3.63) is 22.7 Å². The molecule has 1 rings (SSSR count). The Morgan fingerprint density at radius 2 is 2.10 bits per heavy atom. The molecule has 0 bridgehead atoms. The van der Waals surface area contributed by atoms with Gasteiger partial charge in [-0.3, -0.25) is 0 Å². The van der Waals surface area contributed by atoms with Gasteiger partial charge in [0.25, 0.3) is 0 Å². The molecule has 0 aromatic heterocycles. The van der Waals surface area contributed by atoms with Gasteiger partial charge in [-0.15, -0.1) is 12.6 Å². The molecule has 0 atom stereocenters. The van der Waals surface area contributed by atoms with E-state index in [-0.39, 0.29) is 5.75 Å². The van der Waals surface area contributed by atoms with E-state index < -0.39 is 0 Å². The van der Waals surface area contributed by atoms with E-state index in [1.54, 1.807) is 19.1 Å². The zero-order chi connectivity index (χ0) is 7.72. The quantitative estimate of drug-likeness (QED) is 0.580.